The normalized spacial score (nSPS) is 11.2. The van der Waals surface area contributed by atoms with E-state index in [0.717, 1.165) is 6.07 Å². The van der Waals surface area contributed by atoms with Crippen LogP contribution in [-0.2, 0) is 0 Å². The monoisotopic (exact) mass is 213 g/mol. The summed E-state index contributed by atoms with van der Waals surface area (Å²) in [5.74, 6) is -1.32. The van der Waals surface area contributed by atoms with E-state index in [1.54, 1.807) is 0 Å². The van der Waals surface area contributed by atoms with Crippen molar-refractivity contribution in [1.29, 1.82) is 0 Å². The van der Waals surface area contributed by atoms with Crippen LogP contribution in [0.4, 0.5) is 19.0 Å². The van der Waals surface area contributed by atoms with Gasteiger partial charge in [0.05, 0.1) is 5.52 Å². The first-order chi connectivity index (χ1) is 7.08. The third kappa shape index (κ3) is 1.70. The molecule has 2 rings (SSSR count). The molecule has 0 aliphatic heterocycles. The number of hydrogen-bond donors (Lipinski definition) is 1. The van der Waals surface area contributed by atoms with Gasteiger partial charge in [0.25, 0.3) is 6.43 Å². The lowest BCUT2D eigenvalue weighted by atomic mass is 10.2. The summed E-state index contributed by atoms with van der Waals surface area (Å²) in [5, 5.41) is 0.362. The third-order valence-corrected chi connectivity index (χ3v) is 1.90. The second-order valence-corrected chi connectivity index (χ2v) is 2.93. The molecular weight excluding hydrogens is 207 g/mol. The molecule has 1 heterocycles. The van der Waals surface area contributed by atoms with E-state index in [9.17, 15) is 13.2 Å². The molecule has 1 aromatic heterocycles. The second-order valence-electron chi connectivity index (χ2n) is 2.93. The summed E-state index contributed by atoms with van der Waals surface area (Å²) in [6.45, 7) is 0. The molecule has 0 bridgehead atoms. The first-order valence-corrected chi connectivity index (χ1v) is 4.09. The molecule has 0 spiro atoms. The lowest BCUT2D eigenvalue weighted by molar-refractivity contribution is 0.141. The zero-order valence-electron chi connectivity index (χ0n) is 7.42. The molecule has 0 aliphatic carbocycles. The summed E-state index contributed by atoms with van der Waals surface area (Å²) < 4.78 is 37.4. The fourth-order valence-corrected chi connectivity index (χ4v) is 1.24. The standard InChI is InChI=1S/C9H6F3N3/c10-4-1-2-5-6(3-4)14-9(7(11)12)15-8(5)13/h1-3,7H,(H2,13,14,15). The fraction of sp³-hybridized carbons (Fsp3) is 0.111. The van der Waals surface area contributed by atoms with Crippen LogP contribution < -0.4 is 5.73 Å². The number of rotatable bonds is 1. The van der Waals surface area contributed by atoms with E-state index in [2.05, 4.69) is 9.97 Å². The Balaban J connectivity index is 2.74. The third-order valence-electron chi connectivity index (χ3n) is 1.90. The van der Waals surface area contributed by atoms with Crippen molar-refractivity contribution < 1.29 is 13.2 Å². The van der Waals surface area contributed by atoms with Gasteiger partial charge in [0.2, 0.25) is 0 Å². The van der Waals surface area contributed by atoms with Gasteiger partial charge in [-0.15, -0.1) is 0 Å². The highest BCUT2D eigenvalue weighted by Gasteiger charge is 2.13. The lowest BCUT2D eigenvalue weighted by Gasteiger charge is -2.04. The van der Waals surface area contributed by atoms with Gasteiger partial charge in [0.15, 0.2) is 5.82 Å². The van der Waals surface area contributed by atoms with Crippen molar-refractivity contribution in [2.75, 3.05) is 5.73 Å². The van der Waals surface area contributed by atoms with Crippen LogP contribution in [0.3, 0.4) is 0 Å². The van der Waals surface area contributed by atoms with Crippen molar-refractivity contribution >= 4 is 16.7 Å². The number of aromatic nitrogens is 2. The highest BCUT2D eigenvalue weighted by atomic mass is 19.3. The molecule has 0 saturated carbocycles. The van der Waals surface area contributed by atoms with Gasteiger partial charge in [-0.25, -0.2) is 23.1 Å². The molecule has 1 aromatic carbocycles. The largest absolute Gasteiger partial charge is 0.383 e. The first kappa shape index (κ1) is 9.70. The van der Waals surface area contributed by atoms with Crippen molar-refractivity contribution in [2.24, 2.45) is 0 Å². The summed E-state index contributed by atoms with van der Waals surface area (Å²) in [6.07, 6.45) is -2.82. The number of nitrogens with two attached hydrogens (primary N) is 1. The molecule has 6 heteroatoms. The van der Waals surface area contributed by atoms with Crippen molar-refractivity contribution in [3.8, 4) is 0 Å². The number of benzene rings is 1. The maximum absolute atomic E-state index is 12.8. The van der Waals surface area contributed by atoms with Crippen LogP contribution in [0.5, 0.6) is 0 Å². The molecule has 0 atom stereocenters. The number of hydrogen-bond acceptors (Lipinski definition) is 3. The Hall–Kier alpha value is -1.85. The minimum absolute atomic E-state index is 0.0738. The lowest BCUT2D eigenvalue weighted by Crippen LogP contribution is -2.01. The topological polar surface area (TPSA) is 51.8 Å². The smallest absolute Gasteiger partial charge is 0.297 e. The summed E-state index contributed by atoms with van der Waals surface area (Å²) in [7, 11) is 0. The number of nitrogen functional groups attached to an aromatic ring is 1. The van der Waals surface area contributed by atoms with E-state index in [1.807, 2.05) is 0 Å². The molecule has 0 amide bonds. The van der Waals surface area contributed by atoms with Crippen molar-refractivity contribution in [1.82, 2.24) is 9.97 Å². The van der Waals surface area contributed by atoms with Gasteiger partial charge in [-0.1, -0.05) is 0 Å². The Bertz CT molecular complexity index is 513. The van der Waals surface area contributed by atoms with E-state index in [-0.39, 0.29) is 11.3 Å². The summed E-state index contributed by atoms with van der Waals surface area (Å²) in [6, 6.07) is 3.57. The van der Waals surface area contributed by atoms with E-state index < -0.39 is 18.1 Å². The van der Waals surface area contributed by atoms with E-state index >= 15 is 0 Å². The molecule has 0 radical (unpaired) electrons. The average molecular weight is 213 g/mol. The fourth-order valence-electron chi connectivity index (χ4n) is 1.24. The number of nitrogens with zero attached hydrogens (tertiary/aromatic N) is 2. The molecule has 0 saturated heterocycles. The summed E-state index contributed by atoms with van der Waals surface area (Å²) >= 11 is 0. The van der Waals surface area contributed by atoms with Gasteiger partial charge in [0, 0.05) is 11.5 Å². The van der Waals surface area contributed by atoms with Crippen molar-refractivity contribution in [2.45, 2.75) is 6.43 Å². The van der Waals surface area contributed by atoms with E-state index in [1.165, 1.54) is 12.1 Å². The predicted octanol–water partition coefficient (Wildman–Crippen LogP) is 2.29. The van der Waals surface area contributed by atoms with Gasteiger partial charge < -0.3 is 5.73 Å². The molecule has 78 valence electrons. The van der Waals surface area contributed by atoms with E-state index in [4.69, 9.17) is 5.73 Å². The summed E-state index contributed by atoms with van der Waals surface area (Å²) in [4.78, 5) is 6.94. The average Bonchev–Trinajstić information content (AvgIpc) is 2.16. The molecule has 0 unspecified atom stereocenters. The van der Waals surface area contributed by atoms with Gasteiger partial charge in [-0.05, 0) is 12.1 Å². The molecule has 3 nitrogen and oxygen atoms in total. The van der Waals surface area contributed by atoms with Crippen LogP contribution in [-0.4, -0.2) is 9.97 Å². The highest BCUT2D eigenvalue weighted by Crippen LogP contribution is 2.22. The Morgan fingerprint density at radius 1 is 1.20 bits per heavy atom. The molecule has 0 fully saturated rings. The molecule has 0 aliphatic rings. The van der Waals surface area contributed by atoms with Crippen molar-refractivity contribution in [3.63, 3.8) is 0 Å². The maximum Gasteiger partial charge on any atom is 0.297 e. The highest BCUT2D eigenvalue weighted by molar-refractivity contribution is 5.87. The number of anilines is 1. The quantitative estimate of drug-likeness (QED) is 0.790. The van der Waals surface area contributed by atoms with Crippen LogP contribution in [0.25, 0.3) is 10.9 Å². The number of fused-ring (bicyclic) bond motifs is 1. The Morgan fingerprint density at radius 3 is 2.60 bits per heavy atom. The molecule has 2 N–H and O–H groups in total. The Morgan fingerprint density at radius 2 is 1.93 bits per heavy atom. The predicted molar refractivity (Wildman–Crippen MR) is 48.9 cm³/mol. The molecule has 15 heavy (non-hydrogen) atoms. The van der Waals surface area contributed by atoms with Gasteiger partial charge in [-0.2, -0.15) is 0 Å². The van der Waals surface area contributed by atoms with Crippen LogP contribution in [0.15, 0.2) is 18.2 Å². The van der Waals surface area contributed by atoms with Crippen LogP contribution in [0.2, 0.25) is 0 Å². The minimum Gasteiger partial charge on any atom is -0.383 e. The minimum atomic E-state index is -2.82. The molecular formula is C9H6F3N3. The van der Waals surface area contributed by atoms with Crippen LogP contribution in [0, 0.1) is 5.82 Å². The Kier molecular flexibility index (Phi) is 2.18. The van der Waals surface area contributed by atoms with Gasteiger partial charge >= 0.3 is 0 Å². The zero-order valence-corrected chi connectivity index (χ0v) is 7.42. The second kappa shape index (κ2) is 3.38. The molecule has 2 aromatic rings. The summed E-state index contributed by atoms with van der Waals surface area (Å²) in [5.41, 5.74) is 5.52. The van der Waals surface area contributed by atoms with Crippen molar-refractivity contribution in [3.05, 3.63) is 29.8 Å². The van der Waals surface area contributed by atoms with E-state index in [0.29, 0.717) is 5.39 Å². The van der Waals surface area contributed by atoms with Crippen LogP contribution in [0.1, 0.15) is 12.2 Å². The Labute approximate surface area is 82.8 Å². The first-order valence-electron chi connectivity index (χ1n) is 4.09. The van der Waals surface area contributed by atoms with Gasteiger partial charge in [0.1, 0.15) is 11.6 Å². The van der Waals surface area contributed by atoms with Gasteiger partial charge in [-0.3, -0.25) is 0 Å². The van der Waals surface area contributed by atoms with Crippen LogP contribution >= 0.6 is 0 Å². The SMILES string of the molecule is Nc1nc(C(F)F)nc2cc(F)ccc12. The number of alkyl halides is 2. The maximum atomic E-state index is 12.8. The zero-order chi connectivity index (χ0) is 11.0. The number of halogens is 3.